The van der Waals surface area contributed by atoms with Gasteiger partial charge < -0.3 is 10.1 Å². The zero-order valence-corrected chi connectivity index (χ0v) is 12.2. The van der Waals surface area contributed by atoms with Crippen LogP contribution >= 0.6 is 15.9 Å². The summed E-state index contributed by atoms with van der Waals surface area (Å²) in [7, 11) is 0. The molecule has 1 N–H and O–H groups in total. The van der Waals surface area contributed by atoms with E-state index in [1.807, 2.05) is 42.5 Å². The van der Waals surface area contributed by atoms with Crippen LogP contribution in [0.1, 0.15) is 18.4 Å². The zero-order valence-electron chi connectivity index (χ0n) is 10.6. The van der Waals surface area contributed by atoms with E-state index in [1.54, 1.807) is 0 Å². The Kier molecular flexibility index (Phi) is 3.85. The molecule has 19 heavy (non-hydrogen) atoms. The van der Waals surface area contributed by atoms with Gasteiger partial charge in [-0.2, -0.15) is 0 Å². The van der Waals surface area contributed by atoms with Crippen molar-refractivity contribution in [2.45, 2.75) is 25.4 Å². The second-order valence-electron chi connectivity index (χ2n) is 4.82. The molecule has 0 heterocycles. The van der Waals surface area contributed by atoms with Crippen LogP contribution in [0.2, 0.25) is 0 Å². The standard InChI is InChI=1S/C16H16BrNO/c17-13-6-9-16(19-15-4-2-1-3-5-15)12(10-13)11-18-14-7-8-14/h1-6,9-10,14,18H,7-8,11H2. The first kappa shape index (κ1) is 12.7. The van der Waals surface area contributed by atoms with Gasteiger partial charge in [-0.25, -0.2) is 0 Å². The highest BCUT2D eigenvalue weighted by Gasteiger charge is 2.20. The van der Waals surface area contributed by atoms with Crippen molar-refractivity contribution in [2.75, 3.05) is 0 Å². The van der Waals surface area contributed by atoms with E-state index >= 15 is 0 Å². The molecule has 98 valence electrons. The summed E-state index contributed by atoms with van der Waals surface area (Å²) in [4.78, 5) is 0. The topological polar surface area (TPSA) is 21.3 Å². The predicted molar refractivity (Wildman–Crippen MR) is 80.5 cm³/mol. The maximum absolute atomic E-state index is 5.96. The SMILES string of the molecule is Brc1ccc(Oc2ccccc2)c(CNC2CC2)c1. The van der Waals surface area contributed by atoms with Gasteiger partial charge in [-0.05, 0) is 43.2 Å². The molecule has 2 aromatic rings. The second-order valence-corrected chi connectivity index (χ2v) is 5.74. The fourth-order valence-corrected chi connectivity index (χ4v) is 2.35. The van der Waals surface area contributed by atoms with Crippen molar-refractivity contribution >= 4 is 15.9 Å². The quantitative estimate of drug-likeness (QED) is 0.877. The normalized spacial score (nSPS) is 14.4. The van der Waals surface area contributed by atoms with E-state index in [9.17, 15) is 0 Å². The molecule has 0 bridgehead atoms. The molecule has 1 saturated carbocycles. The first-order chi connectivity index (χ1) is 9.31. The van der Waals surface area contributed by atoms with Gasteiger partial charge in [-0.1, -0.05) is 34.1 Å². The lowest BCUT2D eigenvalue weighted by atomic mass is 10.2. The van der Waals surface area contributed by atoms with Gasteiger partial charge >= 0.3 is 0 Å². The molecule has 2 nitrogen and oxygen atoms in total. The number of hydrogen-bond acceptors (Lipinski definition) is 2. The molecule has 3 heteroatoms. The molecule has 0 aliphatic heterocycles. The van der Waals surface area contributed by atoms with Gasteiger partial charge in [0.1, 0.15) is 11.5 Å². The summed E-state index contributed by atoms with van der Waals surface area (Å²) in [5, 5.41) is 3.53. The lowest BCUT2D eigenvalue weighted by Gasteiger charge is -2.12. The van der Waals surface area contributed by atoms with Crippen molar-refractivity contribution in [3.63, 3.8) is 0 Å². The lowest BCUT2D eigenvalue weighted by molar-refractivity contribution is 0.472. The predicted octanol–water partition coefficient (Wildman–Crippen LogP) is 4.49. The molecule has 2 aromatic carbocycles. The highest BCUT2D eigenvalue weighted by molar-refractivity contribution is 9.10. The number of nitrogens with one attached hydrogen (secondary N) is 1. The number of para-hydroxylation sites is 1. The van der Waals surface area contributed by atoms with Gasteiger partial charge in [0.15, 0.2) is 0 Å². The van der Waals surface area contributed by atoms with E-state index < -0.39 is 0 Å². The molecule has 0 saturated heterocycles. The summed E-state index contributed by atoms with van der Waals surface area (Å²) in [6.45, 7) is 0.853. The Morgan fingerprint density at radius 1 is 1.11 bits per heavy atom. The molecule has 0 atom stereocenters. The minimum Gasteiger partial charge on any atom is -0.457 e. The Bertz CT molecular complexity index is 552. The third-order valence-electron chi connectivity index (χ3n) is 3.15. The average molecular weight is 318 g/mol. The fraction of sp³-hybridized carbons (Fsp3) is 0.250. The Balaban J connectivity index is 1.78. The molecular weight excluding hydrogens is 302 g/mol. The Morgan fingerprint density at radius 2 is 1.89 bits per heavy atom. The highest BCUT2D eigenvalue weighted by Crippen LogP contribution is 2.29. The number of ether oxygens (including phenoxy) is 1. The van der Waals surface area contributed by atoms with Gasteiger partial charge in [0.05, 0.1) is 0 Å². The third kappa shape index (κ3) is 3.58. The van der Waals surface area contributed by atoms with Gasteiger partial charge in [-0.3, -0.25) is 0 Å². The summed E-state index contributed by atoms with van der Waals surface area (Å²) in [6, 6.07) is 16.7. The van der Waals surface area contributed by atoms with Crippen molar-refractivity contribution in [3.05, 3.63) is 58.6 Å². The van der Waals surface area contributed by atoms with E-state index in [1.165, 1.54) is 18.4 Å². The van der Waals surface area contributed by atoms with Crippen molar-refractivity contribution in [1.82, 2.24) is 5.32 Å². The van der Waals surface area contributed by atoms with Crippen LogP contribution in [0.5, 0.6) is 11.5 Å². The van der Waals surface area contributed by atoms with Crippen LogP contribution in [0.15, 0.2) is 53.0 Å². The first-order valence-corrected chi connectivity index (χ1v) is 7.35. The summed E-state index contributed by atoms with van der Waals surface area (Å²) in [6.07, 6.45) is 2.59. The molecule has 1 fully saturated rings. The maximum Gasteiger partial charge on any atom is 0.131 e. The summed E-state index contributed by atoms with van der Waals surface area (Å²) >= 11 is 3.52. The molecule has 0 aromatic heterocycles. The molecule has 0 unspecified atom stereocenters. The van der Waals surface area contributed by atoms with Gasteiger partial charge in [-0.15, -0.1) is 0 Å². The van der Waals surface area contributed by atoms with Crippen molar-refractivity contribution in [1.29, 1.82) is 0 Å². The number of halogens is 1. The van der Waals surface area contributed by atoms with Crippen molar-refractivity contribution in [2.24, 2.45) is 0 Å². The van der Waals surface area contributed by atoms with E-state index in [-0.39, 0.29) is 0 Å². The van der Waals surface area contributed by atoms with Crippen LogP contribution in [0, 0.1) is 0 Å². The number of benzene rings is 2. The Hall–Kier alpha value is -1.32. The van der Waals surface area contributed by atoms with Crippen LogP contribution in [-0.2, 0) is 6.54 Å². The van der Waals surface area contributed by atoms with Gasteiger partial charge in [0.25, 0.3) is 0 Å². The third-order valence-corrected chi connectivity index (χ3v) is 3.65. The molecule has 0 spiro atoms. The van der Waals surface area contributed by atoms with E-state index in [0.29, 0.717) is 6.04 Å². The second kappa shape index (κ2) is 5.76. The Morgan fingerprint density at radius 3 is 2.63 bits per heavy atom. The smallest absolute Gasteiger partial charge is 0.131 e. The van der Waals surface area contributed by atoms with Gasteiger partial charge in [0.2, 0.25) is 0 Å². The highest BCUT2D eigenvalue weighted by atomic mass is 79.9. The summed E-state index contributed by atoms with van der Waals surface area (Å²) in [5.74, 6) is 1.79. The van der Waals surface area contributed by atoms with Crippen LogP contribution in [0.4, 0.5) is 0 Å². The molecule has 0 amide bonds. The minimum atomic E-state index is 0.698. The van der Waals surface area contributed by atoms with Crippen LogP contribution in [0.25, 0.3) is 0 Å². The van der Waals surface area contributed by atoms with Crippen molar-refractivity contribution in [3.8, 4) is 11.5 Å². The monoisotopic (exact) mass is 317 g/mol. The van der Waals surface area contributed by atoms with E-state index in [4.69, 9.17) is 4.74 Å². The summed E-state index contributed by atoms with van der Waals surface area (Å²) < 4.78 is 7.04. The Labute approximate surface area is 121 Å². The van der Waals surface area contributed by atoms with E-state index in [0.717, 1.165) is 22.5 Å². The zero-order chi connectivity index (χ0) is 13.1. The molecule has 3 rings (SSSR count). The van der Waals surface area contributed by atoms with Crippen molar-refractivity contribution < 1.29 is 4.74 Å². The summed E-state index contributed by atoms with van der Waals surface area (Å²) in [5.41, 5.74) is 1.19. The largest absolute Gasteiger partial charge is 0.457 e. The number of rotatable bonds is 5. The number of hydrogen-bond donors (Lipinski definition) is 1. The van der Waals surface area contributed by atoms with Gasteiger partial charge in [0, 0.05) is 22.6 Å². The lowest BCUT2D eigenvalue weighted by Crippen LogP contribution is -2.15. The average Bonchev–Trinajstić information content (AvgIpc) is 3.24. The first-order valence-electron chi connectivity index (χ1n) is 6.56. The van der Waals surface area contributed by atoms with Crippen LogP contribution in [0.3, 0.4) is 0 Å². The molecule has 0 radical (unpaired) electrons. The van der Waals surface area contributed by atoms with Crippen LogP contribution in [-0.4, -0.2) is 6.04 Å². The molecule has 1 aliphatic rings. The maximum atomic E-state index is 5.96. The van der Waals surface area contributed by atoms with E-state index in [2.05, 4.69) is 27.3 Å². The molecule has 1 aliphatic carbocycles. The molecular formula is C16H16BrNO. The van der Waals surface area contributed by atoms with Crippen LogP contribution < -0.4 is 10.1 Å². The minimum absolute atomic E-state index is 0.698. The fourth-order valence-electron chi connectivity index (χ4n) is 1.94.